The van der Waals surface area contributed by atoms with Gasteiger partial charge in [0.25, 0.3) is 0 Å². The van der Waals surface area contributed by atoms with Crippen LogP contribution in [0.4, 0.5) is 0 Å². The van der Waals surface area contributed by atoms with Gasteiger partial charge in [0.05, 0.1) is 6.26 Å². The topological polar surface area (TPSA) is 34.7 Å². The van der Waals surface area contributed by atoms with Crippen LogP contribution in [-0.4, -0.2) is 12.8 Å². The lowest BCUT2D eigenvalue weighted by molar-refractivity contribution is 0.213. The van der Waals surface area contributed by atoms with E-state index in [4.69, 9.17) is 4.42 Å². The molecule has 3 heteroatoms. The maximum absolute atomic E-state index is 5.17. The zero-order valence-corrected chi connectivity index (χ0v) is 6.92. The van der Waals surface area contributed by atoms with Crippen LogP contribution < -0.4 is 0 Å². The Kier molecular flexibility index (Phi) is 2.31. The molecule has 0 saturated heterocycles. The molecule has 0 atom stereocenters. The summed E-state index contributed by atoms with van der Waals surface area (Å²) in [5.74, 6) is 0.784. The molecule has 0 spiro atoms. The lowest BCUT2D eigenvalue weighted by atomic mass is 10.2. The average Bonchev–Trinajstić information content (AvgIpc) is 2.36. The van der Waals surface area contributed by atoms with E-state index in [1.54, 1.807) is 6.26 Å². The second kappa shape index (κ2) is 3.23. The number of furan rings is 1. The highest BCUT2D eigenvalue weighted by Crippen LogP contribution is 2.09. The molecule has 1 aromatic rings. The molecule has 60 valence electrons. The Bertz CT molecular complexity index is 263. The minimum atomic E-state index is 0.759. The zero-order chi connectivity index (χ0) is 8.27. The third kappa shape index (κ3) is 1.61. The molecule has 3 nitrogen and oxygen atoms in total. The van der Waals surface area contributed by atoms with Crippen molar-refractivity contribution in [2.24, 2.45) is 5.16 Å². The maximum Gasteiger partial charge on any atom is 0.154 e. The molecule has 0 aliphatic carbocycles. The number of aryl methyl sites for hydroxylation is 1. The minimum absolute atomic E-state index is 0.759. The predicted octanol–water partition coefficient (Wildman–Crippen LogP) is 1.96. The first-order valence-corrected chi connectivity index (χ1v) is 3.38. The van der Waals surface area contributed by atoms with Gasteiger partial charge in [0.1, 0.15) is 12.8 Å². The molecule has 1 heterocycles. The summed E-state index contributed by atoms with van der Waals surface area (Å²) in [6.45, 7) is 3.81. The van der Waals surface area contributed by atoms with Gasteiger partial charge in [0.15, 0.2) is 5.76 Å². The maximum atomic E-state index is 5.17. The Morgan fingerprint density at radius 2 is 2.36 bits per heavy atom. The van der Waals surface area contributed by atoms with Crippen LogP contribution in [0.3, 0.4) is 0 Å². The smallest absolute Gasteiger partial charge is 0.154 e. The fourth-order valence-electron chi connectivity index (χ4n) is 0.922. The molecule has 0 fully saturated rings. The Morgan fingerprint density at radius 1 is 1.64 bits per heavy atom. The van der Waals surface area contributed by atoms with Crippen LogP contribution >= 0.6 is 0 Å². The lowest BCUT2D eigenvalue weighted by Crippen LogP contribution is -1.94. The van der Waals surface area contributed by atoms with Crippen LogP contribution in [0.2, 0.25) is 0 Å². The van der Waals surface area contributed by atoms with Gasteiger partial charge in [-0.1, -0.05) is 5.16 Å². The highest BCUT2D eigenvalue weighted by Gasteiger charge is 2.04. The van der Waals surface area contributed by atoms with E-state index < -0.39 is 0 Å². The van der Waals surface area contributed by atoms with Crippen molar-refractivity contribution in [3.05, 3.63) is 23.7 Å². The summed E-state index contributed by atoms with van der Waals surface area (Å²) in [5, 5.41) is 3.75. The molecule has 0 amide bonds. The Labute approximate surface area is 65.6 Å². The summed E-state index contributed by atoms with van der Waals surface area (Å²) in [5.41, 5.74) is 1.83. The summed E-state index contributed by atoms with van der Waals surface area (Å²) in [6, 6.07) is 1.89. The zero-order valence-electron chi connectivity index (χ0n) is 6.92. The van der Waals surface area contributed by atoms with Crippen molar-refractivity contribution < 1.29 is 9.25 Å². The van der Waals surface area contributed by atoms with Gasteiger partial charge in [-0.25, -0.2) is 0 Å². The molecule has 11 heavy (non-hydrogen) atoms. The molecule has 0 aromatic carbocycles. The molecule has 0 aliphatic rings. The number of hydrogen-bond acceptors (Lipinski definition) is 3. The third-order valence-corrected chi connectivity index (χ3v) is 1.42. The number of rotatable bonds is 2. The van der Waals surface area contributed by atoms with E-state index in [0.29, 0.717) is 0 Å². The summed E-state index contributed by atoms with van der Waals surface area (Å²) >= 11 is 0. The Balaban J connectivity index is 2.92. The fraction of sp³-hybridized carbons (Fsp3) is 0.375. The molecule has 0 saturated carbocycles. The van der Waals surface area contributed by atoms with E-state index in [2.05, 4.69) is 9.99 Å². The van der Waals surface area contributed by atoms with Crippen LogP contribution in [0.15, 0.2) is 21.9 Å². The van der Waals surface area contributed by atoms with Gasteiger partial charge in [-0.2, -0.15) is 0 Å². The first-order chi connectivity index (χ1) is 5.25. The lowest BCUT2D eigenvalue weighted by Gasteiger charge is -1.95. The van der Waals surface area contributed by atoms with E-state index in [0.717, 1.165) is 17.0 Å². The van der Waals surface area contributed by atoms with Crippen molar-refractivity contribution in [1.29, 1.82) is 0 Å². The van der Waals surface area contributed by atoms with Crippen molar-refractivity contribution in [2.75, 3.05) is 7.11 Å². The van der Waals surface area contributed by atoms with Gasteiger partial charge in [0, 0.05) is 0 Å². The van der Waals surface area contributed by atoms with Gasteiger partial charge < -0.3 is 9.25 Å². The van der Waals surface area contributed by atoms with E-state index in [1.165, 1.54) is 7.11 Å². The number of nitrogens with zero attached hydrogens (tertiary/aromatic N) is 1. The second-order valence-electron chi connectivity index (χ2n) is 2.29. The van der Waals surface area contributed by atoms with Crippen LogP contribution in [0.25, 0.3) is 0 Å². The molecule has 1 rings (SSSR count). The van der Waals surface area contributed by atoms with Gasteiger partial charge in [0.2, 0.25) is 0 Å². The predicted molar refractivity (Wildman–Crippen MR) is 42.7 cm³/mol. The van der Waals surface area contributed by atoms with Crippen molar-refractivity contribution in [3.63, 3.8) is 0 Å². The van der Waals surface area contributed by atoms with Gasteiger partial charge in [-0.3, -0.25) is 0 Å². The van der Waals surface area contributed by atoms with Crippen LogP contribution in [-0.2, 0) is 4.84 Å². The summed E-state index contributed by atoms with van der Waals surface area (Å²) in [7, 11) is 1.52. The van der Waals surface area contributed by atoms with Gasteiger partial charge in [-0.05, 0) is 25.5 Å². The quantitative estimate of drug-likeness (QED) is 0.480. The van der Waals surface area contributed by atoms with Gasteiger partial charge >= 0.3 is 0 Å². The molecule has 0 unspecified atom stereocenters. The van der Waals surface area contributed by atoms with Gasteiger partial charge in [-0.15, -0.1) is 0 Å². The number of oxime groups is 1. The first-order valence-electron chi connectivity index (χ1n) is 3.38. The van der Waals surface area contributed by atoms with E-state index in [9.17, 15) is 0 Å². The second-order valence-corrected chi connectivity index (χ2v) is 2.29. The highest BCUT2D eigenvalue weighted by atomic mass is 16.6. The molecule has 0 aliphatic heterocycles. The third-order valence-electron chi connectivity index (χ3n) is 1.42. The van der Waals surface area contributed by atoms with Crippen molar-refractivity contribution >= 4 is 5.71 Å². The summed E-state index contributed by atoms with van der Waals surface area (Å²) in [4.78, 5) is 4.61. The molecule has 0 N–H and O–H groups in total. The summed E-state index contributed by atoms with van der Waals surface area (Å²) in [6.07, 6.45) is 1.64. The molecule has 0 radical (unpaired) electrons. The van der Waals surface area contributed by atoms with Crippen molar-refractivity contribution in [1.82, 2.24) is 0 Å². The normalized spacial score (nSPS) is 11.7. The van der Waals surface area contributed by atoms with Crippen molar-refractivity contribution in [3.8, 4) is 0 Å². The largest absolute Gasteiger partial charge is 0.463 e. The number of hydrogen-bond donors (Lipinski definition) is 0. The minimum Gasteiger partial charge on any atom is -0.463 e. The monoisotopic (exact) mass is 153 g/mol. The first kappa shape index (κ1) is 7.85. The molecule has 0 bridgehead atoms. The van der Waals surface area contributed by atoms with Crippen LogP contribution in [0.5, 0.6) is 0 Å². The van der Waals surface area contributed by atoms with E-state index in [-0.39, 0.29) is 0 Å². The molecular formula is C8H11NO2. The van der Waals surface area contributed by atoms with E-state index in [1.807, 2.05) is 19.9 Å². The average molecular weight is 153 g/mol. The highest BCUT2D eigenvalue weighted by molar-refractivity contribution is 5.96. The standard InChI is InChI=1S/C8H11NO2/c1-6-4-5-11-8(6)7(2)9-10-3/h4-5H,1-3H3/b9-7-. The summed E-state index contributed by atoms with van der Waals surface area (Å²) < 4.78 is 5.17. The Morgan fingerprint density at radius 3 is 2.82 bits per heavy atom. The Hall–Kier alpha value is -1.25. The SMILES string of the molecule is CO/N=C(/C)c1occc1C. The molecular weight excluding hydrogens is 142 g/mol. The molecule has 1 aromatic heterocycles. The van der Waals surface area contributed by atoms with Crippen LogP contribution in [0.1, 0.15) is 18.2 Å². The van der Waals surface area contributed by atoms with Crippen LogP contribution in [0, 0.1) is 6.92 Å². The van der Waals surface area contributed by atoms with Crippen molar-refractivity contribution in [2.45, 2.75) is 13.8 Å². The fourth-order valence-corrected chi connectivity index (χ4v) is 0.922. The van der Waals surface area contributed by atoms with E-state index >= 15 is 0 Å².